The first kappa shape index (κ1) is 21.7. The molecule has 0 spiro atoms. The number of nitrogens with zero attached hydrogens (tertiary/aromatic N) is 3. The zero-order valence-corrected chi connectivity index (χ0v) is 15.4. The standard InChI is InChI=1S/C14H19N3O8S/c1-6(18)22-5-10-12(23-7(2)19)13(26-9(4)21)11(16-17-15)14(25-10)24-8(3)20/h10-14H,5H2,1-4H3/t10?,11?,12-,13?,14+/m1/s1. The van der Waals surface area contributed by atoms with Gasteiger partial charge >= 0.3 is 17.9 Å². The summed E-state index contributed by atoms with van der Waals surface area (Å²) < 4.78 is 20.7. The van der Waals surface area contributed by atoms with Gasteiger partial charge in [-0.1, -0.05) is 16.9 Å². The zero-order chi connectivity index (χ0) is 19.9. The molecule has 5 atom stereocenters. The van der Waals surface area contributed by atoms with E-state index in [-0.39, 0.29) is 11.7 Å². The number of azide groups is 1. The van der Waals surface area contributed by atoms with Gasteiger partial charge in [0.1, 0.15) is 24.9 Å². The summed E-state index contributed by atoms with van der Waals surface area (Å²) in [6, 6.07) is -1.14. The van der Waals surface area contributed by atoms with E-state index < -0.39 is 47.7 Å². The van der Waals surface area contributed by atoms with Gasteiger partial charge in [0, 0.05) is 32.6 Å². The summed E-state index contributed by atoms with van der Waals surface area (Å²) in [4.78, 5) is 48.3. The number of carbonyl (C=O) groups excluding carboxylic acids is 4. The summed E-state index contributed by atoms with van der Waals surface area (Å²) in [5.41, 5.74) is 8.82. The van der Waals surface area contributed by atoms with E-state index in [1.807, 2.05) is 0 Å². The first-order valence-electron chi connectivity index (χ1n) is 7.50. The highest BCUT2D eigenvalue weighted by atomic mass is 32.2. The van der Waals surface area contributed by atoms with Gasteiger partial charge in [0.25, 0.3) is 0 Å². The van der Waals surface area contributed by atoms with Gasteiger partial charge in [-0.15, -0.1) is 0 Å². The van der Waals surface area contributed by atoms with Gasteiger partial charge in [0.15, 0.2) is 5.12 Å². The Labute approximate surface area is 153 Å². The molecule has 12 heteroatoms. The highest BCUT2D eigenvalue weighted by Crippen LogP contribution is 2.35. The molecule has 0 aromatic heterocycles. The Morgan fingerprint density at radius 3 is 2.15 bits per heavy atom. The lowest BCUT2D eigenvalue weighted by atomic mass is 10.00. The largest absolute Gasteiger partial charge is 0.463 e. The lowest BCUT2D eigenvalue weighted by molar-refractivity contribution is -0.237. The van der Waals surface area contributed by atoms with Crippen LogP contribution in [-0.2, 0) is 38.1 Å². The highest BCUT2D eigenvalue weighted by molar-refractivity contribution is 8.14. The maximum absolute atomic E-state index is 11.6. The minimum atomic E-state index is -1.34. The Hall–Kier alpha value is -2.30. The molecule has 1 saturated heterocycles. The smallest absolute Gasteiger partial charge is 0.304 e. The van der Waals surface area contributed by atoms with Crippen LogP contribution in [0.2, 0.25) is 0 Å². The Balaban J connectivity index is 3.28. The summed E-state index contributed by atoms with van der Waals surface area (Å²) in [7, 11) is 0. The van der Waals surface area contributed by atoms with Gasteiger partial charge in [0.05, 0.1) is 5.25 Å². The van der Waals surface area contributed by atoms with Crippen LogP contribution < -0.4 is 0 Å². The van der Waals surface area contributed by atoms with Crippen molar-refractivity contribution in [1.29, 1.82) is 0 Å². The molecule has 1 aliphatic heterocycles. The van der Waals surface area contributed by atoms with E-state index in [0.717, 1.165) is 25.6 Å². The molecule has 0 bridgehead atoms. The minimum absolute atomic E-state index is 0.316. The number of hydrogen-bond acceptors (Lipinski definition) is 10. The number of esters is 3. The minimum Gasteiger partial charge on any atom is -0.463 e. The molecule has 3 unspecified atom stereocenters. The van der Waals surface area contributed by atoms with Crippen LogP contribution >= 0.6 is 11.8 Å². The van der Waals surface area contributed by atoms with Crippen molar-refractivity contribution in [3.8, 4) is 0 Å². The van der Waals surface area contributed by atoms with Crippen LogP contribution in [0.15, 0.2) is 5.11 Å². The van der Waals surface area contributed by atoms with Crippen LogP contribution in [0.4, 0.5) is 0 Å². The topological polar surface area (TPSA) is 154 Å². The van der Waals surface area contributed by atoms with Crippen molar-refractivity contribution in [2.75, 3.05) is 6.61 Å². The van der Waals surface area contributed by atoms with E-state index in [1.54, 1.807) is 0 Å². The zero-order valence-electron chi connectivity index (χ0n) is 14.6. The fraction of sp³-hybridized carbons (Fsp3) is 0.714. The van der Waals surface area contributed by atoms with E-state index in [0.29, 0.717) is 0 Å². The van der Waals surface area contributed by atoms with E-state index in [4.69, 9.17) is 24.5 Å². The van der Waals surface area contributed by atoms with Gasteiger partial charge in [-0.2, -0.15) is 0 Å². The van der Waals surface area contributed by atoms with Gasteiger partial charge in [-0.05, 0) is 5.53 Å². The Kier molecular flexibility index (Phi) is 8.36. The highest BCUT2D eigenvalue weighted by Gasteiger charge is 2.50. The summed E-state index contributed by atoms with van der Waals surface area (Å²) >= 11 is 0.750. The van der Waals surface area contributed by atoms with Crippen molar-refractivity contribution in [2.45, 2.75) is 57.5 Å². The molecular weight excluding hydrogens is 370 g/mol. The van der Waals surface area contributed by atoms with Gasteiger partial charge in [-0.25, -0.2) is 0 Å². The number of rotatable bonds is 6. The molecule has 26 heavy (non-hydrogen) atoms. The molecule has 0 aliphatic carbocycles. The maximum atomic E-state index is 11.6. The van der Waals surface area contributed by atoms with Crippen molar-refractivity contribution in [3.63, 3.8) is 0 Å². The lowest BCUT2D eigenvalue weighted by Gasteiger charge is -2.42. The monoisotopic (exact) mass is 389 g/mol. The van der Waals surface area contributed by atoms with Crippen LogP contribution in [0.5, 0.6) is 0 Å². The summed E-state index contributed by atoms with van der Waals surface area (Å²) in [5.74, 6) is -1.99. The molecule has 0 saturated carbocycles. The summed E-state index contributed by atoms with van der Waals surface area (Å²) in [6.45, 7) is 4.42. The molecule has 0 amide bonds. The molecule has 0 aromatic carbocycles. The second kappa shape index (κ2) is 10.00. The van der Waals surface area contributed by atoms with E-state index >= 15 is 0 Å². The first-order valence-corrected chi connectivity index (χ1v) is 8.38. The molecule has 144 valence electrons. The predicted octanol–water partition coefficient (Wildman–Crippen LogP) is 1.10. The lowest BCUT2D eigenvalue weighted by Crippen LogP contribution is -2.59. The molecule has 11 nitrogen and oxygen atoms in total. The number of ether oxygens (including phenoxy) is 4. The third-order valence-electron chi connectivity index (χ3n) is 3.14. The fourth-order valence-electron chi connectivity index (χ4n) is 2.33. The Morgan fingerprint density at radius 1 is 1.08 bits per heavy atom. The maximum Gasteiger partial charge on any atom is 0.304 e. The number of hydrogen-bond donors (Lipinski definition) is 0. The van der Waals surface area contributed by atoms with Gasteiger partial charge in [0.2, 0.25) is 6.29 Å². The van der Waals surface area contributed by atoms with Crippen LogP contribution in [0.3, 0.4) is 0 Å². The molecule has 0 N–H and O–H groups in total. The third kappa shape index (κ3) is 6.54. The van der Waals surface area contributed by atoms with Crippen LogP contribution in [0, 0.1) is 0 Å². The molecule has 1 heterocycles. The second-order valence-electron chi connectivity index (χ2n) is 5.30. The third-order valence-corrected chi connectivity index (χ3v) is 4.29. The molecular formula is C14H19N3O8S. The van der Waals surface area contributed by atoms with Crippen molar-refractivity contribution in [2.24, 2.45) is 5.11 Å². The molecule has 0 aromatic rings. The van der Waals surface area contributed by atoms with Crippen LogP contribution in [0.1, 0.15) is 27.7 Å². The van der Waals surface area contributed by atoms with Crippen LogP contribution in [0.25, 0.3) is 10.4 Å². The number of carbonyl (C=O) groups is 4. The SMILES string of the molecule is CC(=O)OCC1O[C@H](OC(C)=O)C(N=[N+]=[N-])C(SC(C)=O)[C@@H]1OC(C)=O. The first-order chi connectivity index (χ1) is 12.1. The molecule has 1 fully saturated rings. The van der Waals surface area contributed by atoms with Crippen molar-refractivity contribution in [1.82, 2.24) is 0 Å². The van der Waals surface area contributed by atoms with Gasteiger partial charge in [-0.3, -0.25) is 19.2 Å². The fourth-order valence-corrected chi connectivity index (χ4v) is 3.40. The van der Waals surface area contributed by atoms with E-state index in [9.17, 15) is 19.2 Å². The van der Waals surface area contributed by atoms with Crippen LogP contribution in [-0.4, -0.2) is 59.4 Å². The normalized spacial score (nSPS) is 27.6. The van der Waals surface area contributed by atoms with Gasteiger partial charge < -0.3 is 18.9 Å². The van der Waals surface area contributed by atoms with E-state index in [2.05, 4.69) is 10.0 Å². The molecule has 1 aliphatic rings. The van der Waals surface area contributed by atoms with Crippen molar-refractivity contribution in [3.05, 3.63) is 10.4 Å². The van der Waals surface area contributed by atoms with Crippen molar-refractivity contribution < 1.29 is 38.1 Å². The Morgan fingerprint density at radius 2 is 1.69 bits per heavy atom. The quantitative estimate of drug-likeness (QED) is 0.213. The average molecular weight is 389 g/mol. The van der Waals surface area contributed by atoms with Crippen molar-refractivity contribution >= 4 is 34.8 Å². The molecule has 0 radical (unpaired) electrons. The number of thioether (sulfide) groups is 1. The predicted molar refractivity (Wildman–Crippen MR) is 87.6 cm³/mol. The average Bonchev–Trinajstić information content (AvgIpc) is 2.49. The molecule has 1 rings (SSSR count). The Bertz CT molecular complexity index is 621. The summed E-state index contributed by atoms with van der Waals surface area (Å²) in [6.07, 6.45) is -3.45. The van der Waals surface area contributed by atoms with E-state index in [1.165, 1.54) is 13.8 Å². The second-order valence-corrected chi connectivity index (χ2v) is 6.65. The summed E-state index contributed by atoms with van der Waals surface area (Å²) in [5, 5.41) is 2.29.